The summed E-state index contributed by atoms with van der Waals surface area (Å²) in [6, 6.07) is 5.10. The number of halogens is 2. The minimum Gasteiger partial charge on any atom is -0.353 e. The number of hydrogen-bond donors (Lipinski definition) is 1. The Hall–Kier alpha value is -1.59. The minimum absolute atomic E-state index is 0.112. The van der Waals surface area contributed by atoms with Crippen LogP contribution in [0.1, 0.15) is 32.4 Å². The van der Waals surface area contributed by atoms with E-state index < -0.39 is 6.04 Å². The second kappa shape index (κ2) is 6.67. The fraction of sp³-hybridized carbons (Fsp3) is 0.400. The summed E-state index contributed by atoms with van der Waals surface area (Å²) in [5, 5.41) is 7.94. The lowest BCUT2D eigenvalue weighted by Gasteiger charge is -2.27. The van der Waals surface area contributed by atoms with E-state index in [-0.39, 0.29) is 11.3 Å². The van der Waals surface area contributed by atoms with Crippen molar-refractivity contribution in [2.45, 2.75) is 32.2 Å². The van der Waals surface area contributed by atoms with Crippen LogP contribution in [-0.2, 0) is 10.2 Å². The van der Waals surface area contributed by atoms with E-state index in [0.717, 1.165) is 5.56 Å². The molecule has 0 aliphatic rings. The van der Waals surface area contributed by atoms with Crippen LogP contribution in [-0.4, -0.2) is 27.2 Å². The van der Waals surface area contributed by atoms with Crippen LogP contribution in [0.25, 0.3) is 0 Å². The summed E-state index contributed by atoms with van der Waals surface area (Å²) in [7, 11) is 0. The summed E-state index contributed by atoms with van der Waals surface area (Å²) in [5.41, 5.74) is 0.738. The van der Waals surface area contributed by atoms with Gasteiger partial charge in [-0.05, 0) is 24.6 Å². The van der Waals surface area contributed by atoms with E-state index in [1.54, 1.807) is 13.0 Å². The molecule has 0 unspecified atom stereocenters. The van der Waals surface area contributed by atoms with E-state index in [9.17, 15) is 4.79 Å². The van der Waals surface area contributed by atoms with Crippen molar-refractivity contribution in [3.63, 3.8) is 0 Å². The van der Waals surface area contributed by atoms with E-state index in [1.165, 1.54) is 17.3 Å². The van der Waals surface area contributed by atoms with Crippen LogP contribution in [0.2, 0.25) is 10.0 Å². The molecule has 1 aromatic carbocycles. The van der Waals surface area contributed by atoms with E-state index in [1.807, 2.05) is 26.0 Å². The minimum atomic E-state index is -0.410. The van der Waals surface area contributed by atoms with E-state index >= 15 is 0 Å². The molecule has 5 nitrogen and oxygen atoms in total. The van der Waals surface area contributed by atoms with Gasteiger partial charge in [-0.1, -0.05) is 43.1 Å². The molecule has 0 radical (unpaired) electrons. The zero-order chi connectivity index (χ0) is 16.3. The summed E-state index contributed by atoms with van der Waals surface area (Å²) in [5.74, 6) is -0.112. The molecule has 0 saturated heterocycles. The van der Waals surface area contributed by atoms with E-state index in [0.29, 0.717) is 16.6 Å². The second-order valence-electron chi connectivity index (χ2n) is 5.78. The molecule has 2 aromatic rings. The van der Waals surface area contributed by atoms with Gasteiger partial charge in [0.05, 0.1) is 10.0 Å². The SMILES string of the molecule is C[C@H](C(=O)NCC(C)(C)c1ccc(Cl)c(Cl)c1)n1cncn1. The fourth-order valence-corrected chi connectivity index (χ4v) is 2.31. The van der Waals surface area contributed by atoms with Crippen LogP contribution in [0.15, 0.2) is 30.9 Å². The molecular weight excluding hydrogens is 323 g/mol. The number of rotatable bonds is 5. The molecule has 0 fully saturated rings. The maximum Gasteiger partial charge on any atom is 0.244 e. The standard InChI is InChI=1S/C15H18Cl2N4O/c1-10(21-9-18-8-20-21)14(22)19-7-15(2,3)11-4-5-12(16)13(17)6-11/h4-6,8-10H,7H2,1-3H3,(H,19,22)/t10-/m1/s1. The lowest BCUT2D eigenvalue weighted by atomic mass is 9.84. The number of benzene rings is 1. The molecule has 1 N–H and O–H groups in total. The quantitative estimate of drug-likeness (QED) is 0.908. The molecule has 2 rings (SSSR count). The summed E-state index contributed by atoms with van der Waals surface area (Å²) in [6.07, 6.45) is 2.93. The van der Waals surface area contributed by atoms with Crippen LogP contribution in [0.4, 0.5) is 0 Å². The average Bonchev–Trinajstić information content (AvgIpc) is 3.01. The van der Waals surface area contributed by atoms with Crippen molar-refractivity contribution in [2.24, 2.45) is 0 Å². The predicted molar refractivity (Wildman–Crippen MR) is 87.2 cm³/mol. The Morgan fingerprint density at radius 1 is 1.36 bits per heavy atom. The number of hydrogen-bond acceptors (Lipinski definition) is 3. The van der Waals surface area contributed by atoms with Gasteiger partial charge in [0.25, 0.3) is 0 Å². The van der Waals surface area contributed by atoms with Crippen molar-refractivity contribution in [2.75, 3.05) is 6.54 Å². The van der Waals surface area contributed by atoms with Gasteiger partial charge in [-0.2, -0.15) is 5.10 Å². The first kappa shape index (κ1) is 16.8. The molecule has 1 amide bonds. The van der Waals surface area contributed by atoms with Crippen molar-refractivity contribution in [1.82, 2.24) is 20.1 Å². The number of amides is 1. The molecule has 0 bridgehead atoms. The Morgan fingerprint density at radius 2 is 2.09 bits per heavy atom. The van der Waals surface area contributed by atoms with Gasteiger partial charge in [-0.15, -0.1) is 0 Å². The monoisotopic (exact) mass is 340 g/mol. The smallest absolute Gasteiger partial charge is 0.244 e. The molecule has 1 atom stereocenters. The molecular formula is C15H18Cl2N4O. The van der Waals surface area contributed by atoms with Gasteiger partial charge in [-0.25, -0.2) is 9.67 Å². The second-order valence-corrected chi connectivity index (χ2v) is 6.60. The Labute approximate surface area is 139 Å². The van der Waals surface area contributed by atoms with Gasteiger partial charge in [0, 0.05) is 12.0 Å². The first-order valence-electron chi connectivity index (χ1n) is 6.88. The van der Waals surface area contributed by atoms with Crippen molar-refractivity contribution < 1.29 is 4.79 Å². The topological polar surface area (TPSA) is 59.8 Å². The molecule has 118 valence electrons. The molecule has 0 aliphatic heterocycles. The maximum absolute atomic E-state index is 12.2. The summed E-state index contributed by atoms with van der Waals surface area (Å²) in [6.45, 7) is 6.32. The van der Waals surface area contributed by atoms with Gasteiger partial charge in [-0.3, -0.25) is 4.79 Å². The van der Waals surface area contributed by atoms with Crippen LogP contribution in [0.5, 0.6) is 0 Å². The average molecular weight is 341 g/mol. The molecule has 0 aliphatic carbocycles. The van der Waals surface area contributed by atoms with Gasteiger partial charge < -0.3 is 5.32 Å². The molecule has 1 heterocycles. The Balaban J connectivity index is 2.02. The van der Waals surface area contributed by atoms with Crippen molar-refractivity contribution in [1.29, 1.82) is 0 Å². The number of carbonyl (C=O) groups excluding carboxylic acids is 1. The highest BCUT2D eigenvalue weighted by molar-refractivity contribution is 6.42. The number of aromatic nitrogens is 3. The summed E-state index contributed by atoms with van der Waals surface area (Å²) < 4.78 is 1.52. The first-order valence-corrected chi connectivity index (χ1v) is 7.64. The van der Waals surface area contributed by atoms with Crippen molar-refractivity contribution in [3.8, 4) is 0 Å². The maximum atomic E-state index is 12.2. The van der Waals surface area contributed by atoms with Crippen molar-refractivity contribution in [3.05, 3.63) is 46.5 Å². The van der Waals surface area contributed by atoms with Crippen molar-refractivity contribution >= 4 is 29.1 Å². The fourth-order valence-electron chi connectivity index (χ4n) is 2.01. The van der Waals surface area contributed by atoms with Gasteiger partial charge in [0.15, 0.2) is 0 Å². The highest BCUT2D eigenvalue weighted by Crippen LogP contribution is 2.29. The highest BCUT2D eigenvalue weighted by Gasteiger charge is 2.24. The Morgan fingerprint density at radius 3 is 2.68 bits per heavy atom. The van der Waals surface area contributed by atoms with E-state index in [4.69, 9.17) is 23.2 Å². The predicted octanol–water partition coefficient (Wildman–Crippen LogP) is 3.24. The number of nitrogens with zero attached hydrogens (tertiary/aromatic N) is 3. The molecule has 1 aromatic heterocycles. The highest BCUT2D eigenvalue weighted by atomic mass is 35.5. The third-order valence-corrected chi connectivity index (χ3v) is 4.36. The van der Waals surface area contributed by atoms with Crippen LogP contribution in [0, 0.1) is 0 Å². The third-order valence-electron chi connectivity index (χ3n) is 3.62. The molecule has 0 saturated carbocycles. The van der Waals surface area contributed by atoms with Gasteiger partial charge >= 0.3 is 0 Å². The Kier molecular flexibility index (Phi) is 5.08. The van der Waals surface area contributed by atoms with Crippen LogP contribution < -0.4 is 5.32 Å². The lowest BCUT2D eigenvalue weighted by molar-refractivity contribution is -0.124. The zero-order valence-corrected chi connectivity index (χ0v) is 14.2. The normalized spacial score (nSPS) is 13.0. The zero-order valence-electron chi connectivity index (χ0n) is 12.7. The molecule has 22 heavy (non-hydrogen) atoms. The largest absolute Gasteiger partial charge is 0.353 e. The van der Waals surface area contributed by atoms with E-state index in [2.05, 4.69) is 15.4 Å². The Bertz CT molecular complexity index is 656. The number of carbonyl (C=O) groups is 1. The van der Waals surface area contributed by atoms with Gasteiger partial charge in [0.1, 0.15) is 18.7 Å². The molecule has 0 spiro atoms. The lowest BCUT2D eigenvalue weighted by Crippen LogP contribution is -2.39. The van der Waals surface area contributed by atoms with Crippen LogP contribution >= 0.6 is 23.2 Å². The first-order chi connectivity index (χ1) is 10.3. The molecule has 7 heteroatoms. The van der Waals surface area contributed by atoms with Crippen LogP contribution in [0.3, 0.4) is 0 Å². The van der Waals surface area contributed by atoms with Gasteiger partial charge in [0.2, 0.25) is 5.91 Å². The summed E-state index contributed by atoms with van der Waals surface area (Å²) in [4.78, 5) is 16.0. The summed E-state index contributed by atoms with van der Waals surface area (Å²) >= 11 is 12.0. The third kappa shape index (κ3) is 3.78. The number of nitrogens with one attached hydrogen (secondary N) is 1.